The summed E-state index contributed by atoms with van der Waals surface area (Å²) in [6.45, 7) is 6.86. The summed E-state index contributed by atoms with van der Waals surface area (Å²) in [5, 5.41) is 11.9. The SMILES string of the molecule is Cc1cccc([C@@H]2C[C@H]2C(=O)[C@H](C#N)C(=O)NCCCOC(C)C)c1. The number of rotatable bonds is 9. The minimum atomic E-state index is -1.22. The molecule has 1 N–H and O–H groups in total. The van der Waals surface area contributed by atoms with Crippen molar-refractivity contribution in [3.63, 3.8) is 0 Å². The predicted molar refractivity (Wildman–Crippen MR) is 94.9 cm³/mol. The smallest absolute Gasteiger partial charge is 0.245 e. The zero-order chi connectivity index (χ0) is 18.4. The summed E-state index contributed by atoms with van der Waals surface area (Å²) >= 11 is 0. The van der Waals surface area contributed by atoms with Gasteiger partial charge >= 0.3 is 0 Å². The number of nitriles is 1. The first kappa shape index (κ1) is 19.1. The molecule has 0 radical (unpaired) electrons. The van der Waals surface area contributed by atoms with Crippen LogP contribution in [-0.4, -0.2) is 30.9 Å². The van der Waals surface area contributed by atoms with E-state index in [1.165, 1.54) is 0 Å². The first-order valence-electron chi connectivity index (χ1n) is 8.83. The Labute approximate surface area is 149 Å². The number of hydrogen-bond acceptors (Lipinski definition) is 4. The molecule has 1 amide bonds. The van der Waals surface area contributed by atoms with Gasteiger partial charge in [0.25, 0.3) is 0 Å². The average molecular weight is 342 g/mol. The van der Waals surface area contributed by atoms with Crippen molar-refractivity contribution in [2.24, 2.45) is 11.8 Å². The lowest BCUT2D eigenvalue weighted by Gasteiger charge is -2.11. The summed E-state index contributed by atoms with van der Waals surface area (Å²) in [6, 6.07) is 9.92. The highest BCUT2D eigenvalue weighted by atomic mass is 16.5. The van der Waals surface area contributed by atoms with E-state index in [1.807, 2.05) is 45.0 Å². The average Bonchev–Trinajstić information content (AvgIpc) is 3.35. The molecule has 0 heterocycles. The molecule has 1 saturated carbocycles. The monoisotopic (exact) mass is 342 g/mol. The first-order chi connectivity index (χ1) is 11.9. The molecular weight excluding hydrogens is 316 g/mol. The van der Waals surface area contributed by atoms with E-state index in [9.17, 15) is 14.9 Å². The lowest BCUT2D eigenvalue weighted by Crippen LogP contribution is -2.36. The molecule has 25 heavy (non-hydrogen) atoms. The van der Waals surface area contributed by atoms with Gasteiger partial charge in [-0.2, -0.15) is 5.26 Å². The van der Waals surface area contributed by atoms with E-state index in [4.69, 9.17) is 4.74 Å². The van der Waals surface area contributed by atoms with Crippen LogP contribution in [0.4, 0.5) is 0 Å². The van der Waals surface area contributed by atoms with Crippen LogP contribution >= 0.6 is 0 Å². The largest absolute Gasteiger partial charge is 0.379 e. The molecule has 134 valence electrons. The summed E-state index contributed by atoms with van der Waals surface area (Å²) in [5.41, 5.74) is 2.26. The Morgan fingerprint density at radius 3 is 2.80 bits per heavy atom. The van der Waals surface area contributed by atoms with Crippen molar-refractivity contribution in [2.45, 2.75) is 45.6 Å². The maximum atomic E-state index is 12.5. The summed E-state index contributed by atoms with van der Waals surface area (Å²) < 4.78 is 5.40. The van der Waals surface area contributed by atoms with Crippen molar-refractivity contribution >= 4 is 11.7 Å². The number of aryl methyl sites for hydroxylation is 1. The fourth-order valence-corrected chi connectivity index (χ4v) is 2.95. The third-order valence-electron chi connectivity index (χ3n) is 4.37. The minimum absolute atomic E-state index is 0.135. The van der Waals surface area contributed by atoms with E-state index in [0.717, 1.165) is 17.5 Å². The molecule has 0 aliphatic heterocycles. The number of amides is 1. The normalized spacial score (nSPS) is 20.0. The van der Waals surface area contributed by atoms with E-state index in [-0.39, 0.29) is 23.7 Å². The Kier molecular flexibility index (Phi) is 6.72. The second-order valence-corrected chi connectivity index (χ2v) is 6.89. The van der Waals surface area contributed by atoms with Crippen LogP contribution in [-0.2, 0) is 14.3 Å². The second kappa shape index (κ2) is 8.77. The van der Waals surface area contributed by atoms with Crippen LogP contribution in [0.5, 0.6) is 0 Å². The van der Waals surface area contributed by atoms with Gasteiger partial charge in [0.05, 0.1) is 12.2 Å². The minimum Gasteiger partial charge on any atom is -0.379 e. The van der Waals surface area contributed by atoms with Crippen molar-refractivity contribution in [3.05, 3.63) is 35.4 Å². The number of Topliss-reactive ketones (excluding diaryl/α,β-unsaturated/α-hetero) is 1. The number of carbonyl (C=O) groups excluding carboxylic acids is 2. The van der Waals surface area contributed by atoms with Crippen LogP contribution in [0.3, 0.4) is 0 Å². The summed E-state index contributed by atoms with van der Waals surface area (Å²) in [5.74, 6) is -2.06. The lowest BCUT2D eigenvalue weighted by molar-refractivity contribution is -0.132. The maximum Gasteiger partial charge on any atom is 0.245 e. The van der Waals surface area contributed by atoms with E-state index in [2.05, 4.69) is 11.4 Å². The molecule has 0 spiro atoms. The second-order valence-electron chi connectivity index (χ2n) is 6.89. The van der Waals surface area contributed by atoms with Crippen LogP contribution in [0.15, 0.2) is 24.3 Å². The third-order valence-corrected chi connectivity index (χ3v) is 4.37. The molecule has 1 aliphatic rings. The Morgan fingerprint density at radius 2 is 2.16 bits per heavy atom. The summed E-state index contributed by atoms with van der Waals surface area (Å²) in [4.78, 5) is 24.7. The van der Waals surface area contributed by atoms with E-state index in [0.29, 0.717) is 19.6 Å². The molecular formula is C20H26N2O3. The molecule has 3 atom stereocenters. The highest BCUT2D eigenvalue weighted by Crippen LogP contribution is 2.49. The van der Waals surface area contributed by atoms with Crippen molar-refractivity contribution in [3.8, 4) is 6.07 Å². The number of hydrogen-bond donors (Lipinski definition) is 1. The number of benzene rings is 1. The van der Waals surface area contributed by atoms with Gasteiger partial charge in [-0.1, -0.05) is 29.8 Å². The van der Waals surface area contributed by atoms with Gasteiger partial charge in [0.2, 0.25) is 5.91 Å². The zero-order valence-electron chi connectivity index (χ0n) is 15.1. The molecule has 1 fully saturated rings. The predicted octanol–water partition coefficient (Wildman–Crippen LogP) is 2.74. The van der Waals surface area contributed by atoms with Gasteiger partial charge in [0, 0.05) is 19.1 Å². The number of nitrogens with one attached hydrogen (secondary N) is 1. The third kappa shape index (κ3) is 5.40. The summed E-state index contributed by atoms with van der Waals surface area (Å²) in [6.07, 6.45) is 1.53. The molecule has 2 rings (SSSR count). The maximum absolute atomic E-state index is 12.5. The standard InChI is InChI=1S/C20H26N2O3/c1-13(2)25-9-5-8-22-20(24)18(12-21)19(23)17-11-16(17)15-7-4-6-14(3)10-15/h4,6-7,10,13,16-18H,5,8-9,11H2,1-3H3,(H,22,24)/t16-,17+,18-/m0/s1. The van der Waals surface area contributed by atoms with Crippen LogP contribution in [0.25, 0.3) is 0 Å². The molecule has 0 aromatic heterocycles. The Morgan fingerprint density at radius 1 is 1.40 bits per heavy atom. The number of ketones is 1. The van der Waals surface area contributed by atoms with Crippen molar-refractivity contribution in [1.82, 2.24) is 5.32 Å². The van der Waals surface area contributed by atoms with Gasteiger partial charge in [0.1, 0.15) is 0 Å². The fourth-order valence-electron chi connectivity index (χ4n) is 2.95. The number of nitrogens with zero attached hydrogens (tertiary/aromatic N) is 1. The first-order valence-corrected chi connectivity index (χ1v) is 8.83. The molecule has 0 unspecified atom stereocenters. The molecule has 0 bridgehead atoms. The van der Waals surface area contributed by atoms with Crippen molar-refractivity contribution in [1.29, 1.82) is 5.26 Å². The van der Waals surface area contributed by atoms with E-state index >= 15 is 0 Å². The molecule has 5 nitrogen and oxygen atoms in total. The van der Waals surface area contributed by atoms with Gasteiger partial charge in [-0.05, 0) is 45.1 Å². The highest BCUT2D eigenvalue weighted by molar-refractivity contribution is 6.06. The van der Waals surface area contributed by atoms with Crippen LogP contribution in [0.1, 0.15) is 43.7 Å². The quantitative estimate of drug-likeness (QED) is 0.553. The fraction of sp³-hybridized carbons (Fsp3) is 0.550. The Balaban J connectivity index is 1.83. The van der Waals surface area contributed by atoms with Crippen molar-refractivity contribution in [2.75, 3.05) is 13.2 Å². The zero-order valence-corrected chi connectivity index (χ0v) is 15.1. The van der Waals surface area contributed by atoms with Gasteiger partial charge < -0.3 is 10.1 Å². The van der Waals surface area contributed by atoms with Gasteiger partial charge in [0.15, 0.2) is 11.7 Å². The molecule has 0 saturated heterocycles. The molecule has 5 heteroatoms. The highest BCUT2D eigenvalue weighted by Gasteiger charge is 2.47. The molecule has 1 aromatic rings. The number of ether oxygens (including phenoxy) is 1. The number of carbonyl (C=O) groups is 2. The van der Waals surface area contributed by atoms with E-state index in [1.54, 1.807) is 0 Å². The van der Waals surface area contributed by atoms with Crippen LogP contribution in [0.2, 0.25) is 0 Å². The van der Waals surface area contributed by atoms with Gasteiger partial charge in [-0.25, -0.2) is 0 Å². The van der Waals surface area contributed by atoms with Crippen LogP contribution in [0, 0.1) is 30.1 Å². The van der Waals surface area contributed by atoms with Crippen molar-refractivity contribution < 1.29 is 14.3 Å². The lowest BCUT2D eigenvalue weighted by atomic mass is 9.97. The van der Waals surface area contributed by atoms with E-state index < -0.39 is 11.8 Å². The van der Waals surface area contributed by atoms with Gasteiger partial charge in [-0.3, -0.25) is 9.59 Å². The van der Waals surface area contributed by atoms with Gasteiger partial charge in [-0.15, -0.1) is 0 Å². The molecule has 1 aromatic carbocycles. The topological polar surface area (TPSA) is 79.2 Å². The Hall–Kier alpha value is -2.19. The summed E-state index contributed by atoms with van der Waals surface area (Å²) in [7, 11) is 0. The molecule has 1 aliphatic carbocycles. The van der Waals surface area contributed by atoms with Crippen LogP contribution < -0.4 is 5.32 Å². The Bertz CT molecular complexity index is 663.